The van der Waals surface area contributed by atoms with Crippen LogP contribution in [0.3, 0.4) is 0 Å². The van der Waals surface area contributed by atoms with Crippen LogP contribution in [0, 0.1) is 0 Å². The van der Waals surface area contributed by atoms with Gasteiger partial charge < -0.3 is 14.4 Å². The van der Waals surface area contributed by atoms with Crippen LogP contribution in [0.5, 0.6) is 0 Å². The molecule has 1 heterocycles. The molecule has 0 aliphatic rings. The molecule has 24 heavy (non-hydrogen) atoms. The number of carbonyl (C=O) groups excluding carboxylic acids is 1. The Kier molecular flexibility index (Phi) is 4.33. The Labute approximate surface area is 139 Å². The lowest BCUT2D eigenvalue weighted by Gasteiger charge is -2.05. The number of carboxylic acids is 1. The monoisotopic (exact) mass is 323 g/mol. The third-order valence-corrected chi connectivity index (χ3v) is 3.95. The van der Waals surface area contributed by atoms with Gasteiger partial charge in [0.1, 0.15) is 0 Å². The van der Waals surface area contributed by atoms with Crippen LogP contribution in [0.25, 0.3) is 16.6 Å². The molecule has 1 aromatic heterocycles. The SMILES string of the molecule is COC(=O)c1ccc2c(c1)c(CCC(=O)O)cn2-c1ccccc1. The van der Waals surface area contributed by atoms with Gasteiger partial charge in [-0.3, -0.25) is 4.79 Å². The molecule has 0 fully saturated rings. The van der Waals surface area contributed by atoms with Crippen LogP contribution in [0.4, 0.5) is 0 Å². The number of nitrogens with zero attached hydrogens (tertiary/aromatic N) is 1. The largest absolute Gasteiger partial charge is 0.481 e. The van der Waals surface area contributed by atoms with Gasteiger partial charge in [-0.15, -0.1) is 0 Å². The van der Waals surface area contributed by atoms with E-state index in [2.05, 4.69) is 0 Å². The molecule has 0 aliphatic heterocycles. The van der Waals surface area contributed by atoms with Crippen molar-refractivity contribution >= 4 is 22.8 Å². The molecule has 0 bridgehead atoms. The van der Waals surface area contributed by atoms with Crippen LogP contribution in [0.1, 0.15) is 22.3 Å². The summed E-state index contributed by atoms with van der Waals surface area (Å²) in [6.45, 7) is 0. The van der Waals surface area contributed by atoms with Gasteiger partial charge in [0.25, 0.3) is 0 Å². The predicted octanol–water partition coefficient (Wildman–Crippen LogP) is 3.43. The molecule has 3 aromatic rings. The van der Waals surface area contributed by atoms with E-state index in [1.807, 2.05) is 47.2 Å². The van der Waals surface area contributed by atoms with Crippen molar-refractivity contribution in [3.8, 4) is 5.69 Å². The van der Waals surface area contributed by atoms with Gasteiger partial charge >= 0.3 is 11.9 Å². The third kappa shape index (κ3) is 3.01. The Morgan fingerprint density at radius 2 is 1.88 bits per heavy atom. The summed E-state index contributed by atoms with van der Waals surface area (Å²) in [7, 11) is 1.34. The zero-order valence-electron chi connectivity index (χ0n) is 13.2. The number of carbonyl (C=O) groups is 2. The van der Waals surface area contributed by atoms with Crippen LogP contribution in [-0.4, -0.2) is 28.7 Å². The zero-order chi connectivity index (χ0) is 17.1. The topological polar surface area (TPSA) is 68.5 Å². The third-order valence-electron chi connectivity index (χ3n) is 3.95. The summed E-state index contributed by atoms with van der Waals surface area (Å²) in [6.07, 6.45) is 2.37. The van der Waals surface area contributed by atoms with Crippen molar-refractivity contribution in [2.24, 2.45) is 0 Å². The highest BCUT2D eigenvalue weighted by Crippen LogP contribution is 2.27. The molecular weight excluding hydrogens is 306 g/mol. The fourth-order valence-electron chi connectivity index (χ4n) is 2.79. The first-order valence-corrected chi connectivity index (χ1v) is 7.59. The van der Waals surface area contributed by atoms with Gasteiger partial charge in [-0.1, -0.05) is 18.2 Å². The highest BCUT2D eigenvalue weighted by Gasteiger charge is 2.14. The first-order chi connectivity index (χ1) is 11.6. The molecular formula is C19H17NO4. The highest BCUT2D eigenvalue weighted by molar-refractivity contribution is 5.96. The van der Waals surface area contributed by atoms with Crippen molar-refractivity contribution in [3.05, 3.63) is 65.9 Å². The molecule has 122 valence electrons. The number of esters is 1. The van der Waals surface area contributed by atoms with E-state index < -0.39 is 11.9 Å². The average Bonchev–Trinajstić information content (AvgIpc) is 2.98. The molecule has 5 nitrogen and oxygen atoms in total. The molecule has 0 atom stereocenters. The Morgan fingerprint density at radius 3 is 2.54 bits per heavy atom. The van der Waals surface area contributed by atoms with E-state index in [0.717, 1.165) is 22.2 Å². The van der Waals surface area contributed by atoms with Crippen molar-refractivity contribution in [3.63, 3.8) is 0 Å². The van der Waals surface area contributed by atoms with E-state index in [-0.39, 0.29) is 6.42 Å². The second-order valence-electron chi connectivity index (χ2n) is 5.48. The number of fused-ring (bicyclic) bond motifs is 1. The minimum Gasteiger partial charge on any atom is -0.481 e. The van der Waals surface area contributed by atoms with Crippen LogP contribution in [0.2, 0.25) is 0 Å². The van der Waals surface area contributed by atoms with E-state index >= 15 is 0 Å². The second-order valence-corrected chi connectivity index (χ2v) is 5.48. The quantitative estimate of drug-likeness (QED) is 0.730. The maximum atomic E-state index is 11.8. The molecule has 3 rings (SSSR count). The van der Waals surface area contributed by atoms with Gasteiger partial charge in [0.2, 0.25) is 0 Å². The van der Waals surface area contributed by atoms with Crippen molar-refractivity contribution in [1.82, 2.24) is 4.57 Å². The first-order valence-electron chi connectivity index (χ1n) is 7.59. The lowest BCUT2D eigenvalue weighted by atomic mass is 10.1. The van der Waals surface area contributed by atoms with Crippen LogP contribution < -0.4 is 0 Å². The summed E-state index contributed by atoms with van der Waals surface area (Å²) in [6, 6.07) is 15.1. The van der Waals surface area contributed by atoms with E-state index in [1.165, 1.54) is 7.11 Å². The number of rotatable bonds is 5. The van der Waals surface area contributed by atoms with Crippen molar-refractivity contribution in [2.45, 2.75) is 12.8 Å². The molecule has 0 aliphatic carbocycles. The predicted molar refractivity (Wildman–Crippen MR) is 90.6 cm³/mol. The normalized spacial score (nSPS) is 10.7. The number of para-hydroxylation sites is 1. The average molecular weight is 323 g/mol. The molecule has 0 amide bonds. The lowest BCUT2D eigenvalue weighted by Crippen LogP contribution is -2.01. The fourth-order valence-corrected chi connectivity index (χ4v) is 2.79. The minimum absolute atomic E-state index is 0.0381. The number of aromatic nitrogens is 1. The molecule has 0 spiro atoms. The Morgan fingerprint density at radius 1 is 1.12 bits per heavy atom. The number of hydrogen-bond donors (Lipinski definition) is 1. The van der Waals surface area contributed by atoms with E-state index in [1.54, 1.807) is 12.1 Å². The van der Waals surface area contributed by atoms with Gasteiger partial charge in [0, 0.05) is 23.7 Å². The number of hydrogen-bond acceptors (Lipinski definition) is 3. The Hall–Kier alpha value is -3.08. The number of aliphatic carboxylic acids is 1. The number of benzene rings is 2. The molecule has 0 saturated heterocycles. The van der Waals surface area contributed by atoms with E-state index in [0.29, 0.717) is 12.0 Å². The smallest absolute Gasteiger partial charge is 0.337 e. The van der Waals surface area contributed by atoms with Crippen molar-refractivity contribution in [1.29, 1.82) is 0 Å². The van der Waals surface area contributed by atoms with E-state index in [4.69, 9.17) is 9.84 Å². The highest BCUT2D eigenvalue weighted by atomic mass is 16.5. The minimum atomic E-state index is -0.847. The zero-order valence-corrected chi connectivity index (χ0v) is 13.2. The van der Waals surface area contributed by atoms with Crippen molar-refractivity contribution < 1.29 is 19.4 Å². The Balaban J connectivity index is 2.16. The van der Waals surface area contributed by atoms with E-state index in [9.17, 15) is 9.59 Å². The molecule has 0 saturated carbocycles. The summed E-state index contributed by atoms with van der Waals surface area (Å²) in [4.78, 5) is 22.7. The molecule has 2 aromatic carbocycles. The summed E-state index contributed by atoms with van der Waals surface area (Å²) in [5.41, 5.74) is 3.25. The van der Waals surface area contributed by atoms with Gasteiger partial charge in [-0.25, -0.2) is 4.79 Å². The maximum absolute atomic E-state index is 11.8. The number of methoxy groups -OCH3 is 1. The van der Waals surface area contributed by atoms with Gasteiger partial charge in [0.15, 0.2) is 0 Å². The van der Waals surface area contributed by atoms with Crippen LogP contribution >= 0.6 is 0 Å². The molecule has 5 heteroatoms. The van der Waals surface area contributed by atoms with Gasteiger partial charge in [-0.05, 0) is 42.3 Å². The number of carboxylic acid groups (broad SMARTS) is 1. The summed E-state index contributed by atoms with van der Waals surface area (Å²) in [5.74, 6) is -1.26. The molecule has 0 unspecified atom stereocenters. The standard InChI is InChI=1S/C19H17NO4/c1-24-19(23)13-7-9-17-16(11-13)14(8-10-18(21)22)12-20(17)15-5-3-2-4-6-15/h2-7,9,11-12H,8,10H2,1H3,(H,21,22). The number of aryl methyl sites for hydroxylation is 1. The lowest BCUT2D eigenvalue weighted by molar-refractivity contribution is -0.136. The van der Waals surface area contributed by atoms with Crippen LogP contribution in [-0.2, 0) is 16.0 Å². The summed E-state index contributed by atoms with van der Waals surface area (Å²) >= 11 is 0. The molecule has 0 radical (unpaired) electrons. The first kappa shape index (κ1) is 15.8. The number of ether oxygens (including phenoxy) is 1. The summed E-state index contributed by atoms with van der Waals surface area (Å²) < 4.78 is 6.78. The van der Waals surface area contributed by atoms with Gasteiger partial charge in [-0.2, -0.15) is 0 Å². The maximum Gasteiger partial charge on any atom is 0.337 e. The fraction of sp³-hybridized carbons (Fsp3) is 0.158. The van der Waals surface area contributed by atoms with Crippen LogP contribution in [0.15, 0.2) is 54.7 Å². The van der Waals surface area contributed by atoms with Crippen molar-refractivity contribution in [2.75, 3.05) is 7.11 Å². The van der Waals surface area contributed by atoms with Gasteiger partial charge in [0.05, 0.1) is 18.2 Å². The summed E-state index contributed by atoms with van der Waals surface area (Å²) in [5, 5.41) is 9.83. The molecule has 1 N–H and O–H groups in total. The Bertz CT molecular complexity index is 896. The second kappa shape index (κ2) is 6.58.